The summed E-state index contributed by atoms with van der Waals surface area (Å²) in [6.45, 7) is 9.02. The second-order valence-corrected chi connectivity index (χ2v) is 5.93. The van der Waals surface area contributed by atoms with Crippen molar-refractivity contribution >= 4 is 23.4 Å². The number of benzene rings is 1. The molecule has 0 aliphatic carbocycles. The fourth-order valence-electron chi connectivity index (χ4n) is 1.83. The molecule has 0 radical (unpaired) electrons. The number of amides is 1. The fourth-order valence-corrected chi connectivity index (χ4v) is 2.50. The lowest BCUT2D eigenvalue weighted by molar-refractivity contribution is 0.0944. The third-order valence-electron chi connectivity index (χ3n) is 2.74. The molecule has 0 aliphatic heterocycles. The van der Waals surface area contributed by atoms with E-state index in [-0.39, 0.29) is 11.9 Å². The van der Waals surface area contributed by atoms with Gasteiger partial charge < -0.3 is 10.6 Å². The normalized spacial score (nSPS) is 12.0. The Hall–Kier alpha value is -1.16. The zero-order valence-electron chi connectivity index (χ0n) is 12.2. The van der Waals surface area contributed by atoms with Crippen LogP contribution < -0.4 is 10.6 Å². The molecule has 0 bridgehead atoms. The van der Waals surface area contributed by atoms with E-state index in [4.69, 9.17) is 0 Å². The average Bonchev–Trinajstić information content (AvgIpc) is 2.38. The molecule has 0 aromatic heterocycles. The smallest absolute Gasteiger partial charge is 0.253 e. The topological polar surface area (TPSA) is 41.1 Å². The van der Waals surface area contributed by atoms with Gasteiger partial charge in [-0.15, -0.1) is 0 Å². The van der Waals surface area contributed by atoms with Crippen LogP contribution in [0.15, 0.2) is 18.2 Å². The standard InChI is InChI=1S/C15H24N2OS/c1-5-16-14-8-7-11(3)9-13(14)15(18)17-12(4)10-19-6-2/h7-9,12,16H,5-6,10H2,1-4H3,(H,17,18). The van der Waals surface area contributed by atoms with Crippen molar-refractivity contribution < 1.29 is 4.79 Å². The van der Waals surface area contributed by atoms with Crippen molar-refractivity contribution in [2.45, 2.75) is 33.7 Å². The molecule has 0 heterocycles. The van der Waals surface area contributed by atoms with Crippen LogP contribution in [-0.4, -0.2) is 30.0 Å². The summed E-state index contributed by atoms with van der Waals surface area (Å²) in [6.07, 6.45) is 0. The number of anilines is 1. The molecule has 3 nitrogen and oxygen atoms in total. The average molecular weight is 280 g/mol. The molecule has 1 unspecified atom stereocenters. The first-order valence-corrected chi connectivity index (χ1v) is 7.97. The van der Waals surface area contributed by atoms with E-state index in [1.807, 2.05) is 50.7 Å². The molecule has 0 fully saturated rings. The van der Waals surface area contributed by atoms with Gasteiger partial charge in [0.2, 0.25) is 0 Å². The number of nitrogens with one attached hydrogen (secondary N) is 2. The van der Waals surface area contributed by atoms with Crippen LogP contribution in [-0.2, 0) is 0 Å². The SMILES string of the molecule is CCNc1ccc(C)cc1C(=O)NC(C)CSCC. The molecule has 0 saturated carbocycles. The predicted octanol–water partition coefficient (Wildman–Crippen LogP) is 3.30. The number of aryl methyl sites for hydroxylation is 1. The van der Waals surface area contributed by atoms with Crippen molar-refractivity contribution in [2.24, 2.45) is 0 Å². The number of hydrogen-bond donors (Lipinski definition) is 2. The van der Waals surface area contributed by atoms with E-state index in [2.05, 4.69) is 17.6 Å². The number of rotatable bonds is 7. The Bertz CT molecular complexity index is 421. The van der Waals surface area contributed by atoms with E-state index in [0.29, 0.717) is 0 Å². The number of carbonyl (C=O) groups excluding carboxylic acids is 1. The fraction of sp³-hybridized carbons (Fsp3) is 0.533. The molecule has 106 valence electrons. The van der Waals surface area contributed by atoms with E-state index in [0.717, 1.165) is 34.9 Å². The van der Waals surface area contributed by atoms with Gasteiger partial charge >= 0.3 is 0 Å². The van der Waals surface area contributed by atoms with Gasteiger partial charge in [-0.3, -0.25) is 4.79 Å². The first-order chi connectivity index (χ1) is 9.08. The van der Waals surface area contributed by atoms with Gasteiger partial charge in [-0.2, -0.15) is 11.8 Å². The summed E-state index contributed by atoms with van der Waals surface area (Å²) >= 11 is 1.84. The maximum absolute atomic E-state index is 12.3. The van der Waals surface area contributed by atoms with E-state index in [1.54, 1.807) is 0 Å². The van der Waals surface area contributed by atoms with Gasteiger partial charge in [-0.05, 0) is 38.7 Å². The molecular weight excluding hydrogens is 256 g/mol. The van der Waals surface area contributed by atoms with Crippen molar-refractivity contribution in [1.82, 2.24) is 5.32 Å². The highest BCUT2D eigenvalue weighted by Crippen LogP contribution is 2.17. The Morgan fingerprint density at radius 1 is 1.37 bits per heavy atom. The van der Waals surface area contributed by atoms with E-state index in [1.165, 1.54) is 0 Å². The first kappa shape index (κ1) is 15.9. The lowest BCUT2D eigenvalue weighted by Crippen LogP contribution is -2.34. The Labute approximate surface area is 120 Å². The summed E-state index contributed by atoms with van der Waals surface area (Å²) in [7, 11) is 0. The van der Waals surface area contributed by atoms with E-state index in [9.17, 15) is 4.79 Å². The predicted molar refractivity (Wildman–Crippen MR) is 85.3 cm³/mol. The summed E-state index contributed by atoms with van der Waals surface area (Å²) < 4.78 is 0. The lowest BCUT2D eigenvalue weighted by Gasteiger charge is -2.16. The highest BCUT2D eigenvalue weighted by molar-refractivity contribution is 7.99. The van der Waals surface area contributed by atoms with Crippen LogP contribution in [0.2, 0.25) is 0 Å². The van der Waals surface area contributed by atoms with Gasteiger partial charge in [0.15, 0.2) is 0 Å². The highest BCUT2D eigenvalue weighted by atomic mass is 32.2. The zero-order valence-corrected chi connectivity index (χ0v) is 13.1. The van der Waals surface area contributed by atoms with Crippen molar-refractivity contribution in [1.29, 1.82) is 0 Å². The van der Waals surface area contributed by atoms with E-state index < -0.39 is 0 Å². The van der Waals surface area contributed by atoms with E-state index >= 15 is 0 Å². The Morgan fingerprint density at radius 2 is 2.11 bits per heavy atom. The van der Waals surface area contributed by atoms with Crippen molar-refractivity contribution in [3.8, 4) is 0 Å². The van der Waals surface area contributed by atoms with Crippen LogP contribution in [0.3, 0.4) is 0 Å². The number of carbonyl (C=O) groups is 1. The summed E-state index contributed by atoms with van der Waals surface area (Å²) in [5, 5.41) is 6.29. The second-order valence-electron chi connectivity index (χ2n) is 4.61. The second kappa shape index (κ2) is 8.10. The van der Waals surface area contributed by atoms with Crippen LogP contribution in [0.1, 0.15) is 36.7 Å². The summed E-state index contributed by atoms with van der Waals surface area (Å²) in [5.41, 5.74) is 2.73. The van der Waals surface area contributed by atoms with Gasteiger partial charge in [0, 0.05) is 24.0 Å². The summed E-state index contributed by atoms with van der Waals surface area (Å²) in [4.78, 5) is 12.3. The monoisotopic (exact) mass is 280 g/mol. The quantitative estimate of drug-likeness (QED) is 0.805. The molecule has 0 spiro atoms. The van der Waals surface area contributed by atoms with Gasteiger partial charge in [0.05, 0.1) is 5.56 Å². The summed E-state index contributed by atoms with van der Waals surface area (Å²) in [5.74, 6) is 2.03. The van der Waals surface area contributed by atoms with Gasteiger partial charge in [-0.25, -0.2) is 0 Å². The minimum absolute atomic E-state index is 0.00357. The van der Waals surface area contributed by atoms with Crippen molar-refractivity contribution in [3.63, 3.8) is 0 Å². The van der Waals surface area contributed by atoms with Crippen LogP contribution in [0.25, 0.3) is 0 Å². The highest BCUT2D eigenvalue weighted by Gasteiger charge is 2.13. The van der Waals surface area contributed by atoms with Crippen LogP contribution in [0.5, 0.6) is 0 Å². The molecule has 1 amide bonds. The Balaban J connectivity index is 2.77. The van der Waals surface area contributed by atoms with Crippen LogP contribution in [0, 0.1) is 6.92 Å². The van der Waals surface area contributed by atoms with Gasteiger partial charge in [0.25, 0.3) is 5.91 Å². The lowest BCUT2D eigenvalue weighted by atomic mass is 10.1. The number of thioether (sulfide) groups is 1. The van der Waals surface area contributed by atoms with Crippen LogP contribution in [0.4, 0.5) is 5.69 Å². The molecule has 19 heavy (non-hydrogen) atoms. The maximum Gasteiger partial charge on any atom is 0.253 e. The molecular formula is C15H24N2OS. The molecule has 1 aromatic rings. The first-order valence-electron chi connectivity index (χ1n) is 6.81. The number of hydrogen-bond acceptors (Lipinski definition) is 3. The minimum atomic E-state index is 0.00357. The van der Waals surface area contributed by atoms with Crippen LogP contribution >= 0.6 is 11.8 Å². The molecule has 1 rings (SSSR count). The molecule has 1 atom stereocenters. The molecule has 0 saturated heterocycles. The van der Waals surface area contributed by atoms with Crippen molar-refractivity contribution in [3.05, 3.63) is 29.3 Å². The molecule has 4 heteroatoms. The maximum atomic E-state index is 12.3. The Kier molecular flexibility index (Phi) is 6.78. The molecule has 1 aromatic carbocycles. The largest absolute Gasteiger partial charge is 0.385 e. The van der Waals surface area contributed by atoms with Gasteiger partial charge in [0.1, 0.15) is 0 Å². The molecule has 0 aliphatic rings. The van der Waals surface area contributed by atoms with Gasteiger partial charge in [-0.1, -0.05) is 18.6 Å². The zero-order chi connectivity index (χ0) is 14.3. The van der Waals surface area contributed by atoms with Crippen molar-refractivity contribution in [2.75, 3.05) is 23.4 Å². The molecule has 2 N–H and O–H groups in total. The Morgan fingerprint density at radius 3 is 2.74 bits per heavy atom. The summed E-state index contributed by atoms with van der Waals surface area (Å²) in [6, 6.07) is 6.12. The third-order valence-corrected chi connectivity index (χ3v) is 3.88. The minimum Gasteiger partial charge on any atom is -0.385 e. The third kappa shape index (κ3) is 5.15.